The van der Waals surface area contributed by atoms with Crippen LogP contribution in [0.2, 0.25) is 0 Å². The molecule has 0 aliphatic rings. The predicted octanol–water partition coefficient (Wildman–Crippen LogP) is 3.70. The number of carboxylic acids is 1. The van der Waals surface area contributed by atoms with Crippen molar-refractivity contribution in [2.75, 3.05) is 14.2 Å². The molecule has 0 unspecified atom stereocenters. The first-order valence-electron chi connectivity index (χ1n) is 8.04. The second-order valence-electron chi connectivity index (χ2n) is 6.03. The molecule has 0 saturated carbocycles. The molecule has 1 N–H and O–H groups in total. The van der Waals surface area contributed by atoms with Crippen molar-refractivity contribution < 1.29 is 24.1 Å². The third-order valence-electron chi connectivity index (χ3n) is 4.21. The summed E-state index contributed by atoms with van der Waals surface area (Å²) in [6.07, 6.45) is -0.822. The second-order valence-corrected chi connectivity index (χ2v) is 6.03. The van der Waals surface area contributed by atoms with Gasteiger partial charge in [-0.2, -0.15) is 0 Å². The fourth-order valence-electron chi connectivity index (χ4n) is 2.68. The van der Waals surface area contributed by atoms with Crippen molar-refractivity contribution >= 4 is 5.97 Å². The Morgan fingerprint density at radius 1 is 1.04 bits per heavy atom. The molecule has 0 heterocycles. The summed E-state index contributed by atoms with van der Waals surface area (Å²) >= 11 is 0. The van der Waals surface area contributed by atoms with Gasteiger partial charge in [0.2, 0.25) is 0 Å². The molecule has 1 atom stereocenters. The van der Waals surface area contributed by atoms with E-state index in [-0.39, 0.29) is 6.42 Å². The van der Waals surface area contributed by atoms with Crippen molar-refractivity contribution in [1.82, 2.24) is 0 Å². The standard InChI is InChI=1S/C20H24O5/c1-12-8-13(2)14(3)17(9-12)25-19(20(21)22)10-15-6-7-16(23-4)11-18(15)24-5/h6-9,11,19H,10H2,1-5H3,(H,21,22)/t19-/m1/s1. The van der Waals surface area contributed by atoms with Crippen LogP contribution in [0.4, 0.5) is 0 Å². The number of methoxy groups -OCH3 is 2. The number of hydrogen-bond acceptors (Lipinski definition) is 4. The monoisotopic (exact) mass is 344 g/mol. The predicted molar refractivity (Wildman–Crippen MR) is 96.0 cm³/mol. The molecule has 0 saturated heterocycles. The Kier molecular flexibility index (Phi) is 5.91. The molecule has 5 heteroatoms. The summed E-state index contributed by atoms with van der Waals surface area (Å²) in [5.41, 5.74) is 3.79. The molecule has 0 spiro atoms. The zero-order valence-electron chi connectivity index (χ0n) is 15.3. The zero-order valence-corrected chi connectivity index (χ0v) is 15.3. The van der Waals surface area contributed by atoms with E-state index >= 15 is 0 Å². The molecule has 0 aromatic heterocycles. The molecule has 134 valence electrons. The second kappa shape index (κ2) is 7.92. The smallest absolute Gasteiger partial charge is 0.345 e. The third kappa shape index (κ3) is 4.44. The van der Waals surface area contributed by atoms with Gasteiger partial charge in [0.25, 0.3) is 0 Å². The van der Waals surface area contributed by atoms with Crippen LogP contribution < -0.4 is 14.2 Å². The highest BCUT2D eigenvalue weighted by atomic mass is 16.5. The maximum absolute atomic E-state index is 11.7. The summed E-state index contributed by atoms with van der Waals surface area (Å²) in [5.74, 6) is 0.804. The van der Waals surface area contributed by atoms with E-state index < -0.39 is 12.1 Å². The van der Waals surface area contributed by atoms with Gasteiger partial charge in [0.1, 0.15) is 17.2 Å². The molecule has 2 rings (SSSR count). The van der Waals surface area contributed by atoms with Gasteiger partial charge in [-0.25, -0.2) is 4.79 Å². The van der Waals surface area contributed by atoms with Crippen LogP contribution in [0.5, 0.6) is 17.2 Å². The van der Waals surface area contributed by atoms with Gasteiger partial charge in [-0.05, 0) is 55.2 Å². The maximum Gasteiger partial charge on any atom is 0.345 e. The quantitative estimate of drug-likeness (QED) is 0.829. The molecule has 25 heavy (non-hydrogen) atoms. The molecule has 0 bridgehead atoms. The van der Waals surface area contributed by atoms with E-state index in [0.717, 1.165) is 22.3 Å². The molecule has 0 aliphatic carbocycles. The first-order chi connectivity index (χ1) is 11.8. The van der Waals surface area contributed by atoms with Gasteiger partial charge >= 0.3 is 5.97 Å². The number of rotatable bonds is 7. The van der Waals surface area contributed by atoms with Crippen molar-refractivity contribution in [1.29, 1.82) is 0 Å². The summed E-state index contributed by atoms with van der Waals surface area (Å²) in [7, 11) is 3.11. The fourth-order valence-corrected chi connectivity index (χ4v) is 2.68. The summed E-state index contributed by atoms with van der Waals surface area (Å²) in [4.78, 5) is 11.7. The Bertz CT molecular complexity index is 767. The molecule has 5 nitrogen and oxygen atoms in total. The number of aliphatic carboxylic acids is 1. The van der Waals surface area contributed by atoms with Gasteiger partial charge in [-0.1, -0.05) is 12.1 Å². The van der Waals surface area contributed by atoms with Gasteiger partial charge < -0.3 is 19.3 Å². The van der Waals surface area contributed by atoms with Crippen molar-refractivity contribution in [2.45, 2.75) is 33.3 Å². The van der Waals surface area contributed by atoms with Gasteiger partial charge in [0.05, 0.1) is 14.2 Å². The number of benzene rings is 2. The van der Waals surface area contributed by atoms with Crippen LogP contribution in [0.25, 0.3) is 0 Å². The first kappa shape index (κ1) is 18.6. The average molecular weight is 344 g/mol. The Balaban J connectivity index is 2.30. The Morgan fingerprint density at radius 3 is 2.36 bits per heavy atom. The molecular formula is C20H24O5. The molecular weight excluding hydrogens is 320 g/mol. The highest BCUT2D eigenvalue weighted by Gasteiger charge is 2.23. The molecule has 0 aliphatic heterocycles. The Labute approximate surface area is 148 Å². The normalized spacial score (nSPS) is 11.7. The van der Waals surface area contributed by atoms with Crippen LogP contribution in [0.3, 0.4) is 0 Å². The summed E-state index contributed by atoms with van der Waals surface area (Å²) in [5, 5.41) is 9.60. The van der Waals surface area contributed by atoms with E-state index in [0.29, 0.717) is 17.2 Å². The van der Waals surface area contributed by atoms with Gasteiger partial charge in [-0.15, -0.1) is 0 Å². The number of carboxylic acid groups (broad SMARTS) is 1. The lowest BCUT2D eigenvalue weighted by Crippen LogP contribution is -2.30. The zero-order chi connectivity index (χ0) is 18.6. The van der Waals surface area contributed by atoms with E-state index in [9.17, 15) is 9.90 Å². The highest BCUT2D eigenvalue weighted by molar-refractivity contribution is 5.73. The minimum absolute atomic E-state index is 0.189. The number of aryl methyl sites for hydroxylation is 2. The van der Waals surface area contributed by atoms with E-state index in [2.05, 4.69) is 0 Å². The van der Waals surface area contributed by atoms with Crippen LogP contribution in [0, 0.1) is 20.8 Å². The lowest BCUT2D eigenvalue weighted by atomic mass is 10.0. The Hall–Kier alpha value is -2.69. The maximum atomic E-state index is 11.7. The summed E-state index contributed by atoms with van der Waals surface area (Å²) in [6.45, 7) is 5.87. The van der Waals surface area contributed by atoms with Crippen molar-refractivity contribution in [3.8, 4) is 17.2 Å². The fraction of sp³-hybridized carbons (Fsp3) is 0.350. The molecule has 0 radical (unpaired) electrons. The SMILES string of the molecule is COc1ccc(C[C@@H](Oc2cc(C)cc(C)c2C)C(=O)O)c(OC)c1. The minimum atomic E-state index is -1.02. The van der Waals surface area contributed by atoms with Crippen LogP contribution in [0.1, 0.15) is 22.3 Å². The molecule has 2 aromatic carbocycles. The summed E-state index contributed by atoms with van der Waals surface area (Å²) < 4.78 is 16.4. The van der Waals surface area contributed by atoms with Crippen molar-refractivity contribution in [3.63, 3.8) is 0 Å². The van der Waals surface area contributed by atoms with Crippen molar-refractivity contribution in [3.05, 3.63) is 52.6 Å². The lowest BCUT2D eigenvalue weighted by Gasteiger charge is -2.19. The van der Waals surface area contributed by atoms with Crippen LogP contribution in [-0.2, 0) is 11.2 Å². The number of hydrogen-bond donors (Lipinski definition) is 1. The van der Waals surface area contributed by atoms with E-state index in [1.807, 2.05) is 32.9 Å². The third-order valence-corrected chi connectivity index (χ3v) is 4.21. The van der Waals surface area contributed by atoms with E-state index in [1.54, 1.807) is 32.4 Å². The van der Waals surface area contributed by atoms with Crippen LogP contribution >= 0.6 is 0 Å². The van der Waals surface area contributed by atoms with Gasteiger partial charge in [0, 0.05) is 12.5 Å². The van der Waals surface area contributed by atoms with Gasteiger partial charge in [0.15, 0.2) is 6.10 Å². The summed E-state index contributed by atoms with van der Waals surface area (Å²) in [6, 6.07) is 9.22. The number of ether oxygens (including phenoxy) is 3. The van der Waals surface area contributed by atoms with Crippen LogP contribution in [0.15, 0.2) is 30.3 Å². The molecule has 0 amide bonds. The Morgan fingerprint density at radius 2 is 1.76 bits per heavy atom. The molecule has 2 aromatic rings. The number of carbonyl (C=O) groups is 1. The van der Waals surface area contributed by atoms with Crippen LogP contribution in [-0.4, -0.2) is 31.4 Å². The highest BCUT2D eigenvalue weighted by Crippen LogP contribution is 2.28. The largest absolute Gasteiger partial charge is 0.497 e. The first-order valence-corrected chi connectivity index (χ1v) is 8.04. The van der Waals surface area contributed by atoms with E-state index in [1.165, 1.54) is 0 Å². The topological polar surface area (TPSA) is 65.0 Å². The van der Waals surface area contributed by atoms with Gasteiger partial charge in [-0.3, -0.25) is 0 Å². The lowest BCUT2D eigenvalue weighted by molar-refractivity contribution is -0.145. The average Bonchev–Trinajstić information content (AvgIpc) is 2.58. The van der Waals surface area contributed by atoms with Crippen molar-refractivity contribution in [2.24, 2.45) is 0 Å². The molecule has 0 fully saturated rings. The minimum Gasteiger partial charge on any atom is -0.497 e. The van der Waals surface area contributed by atoms with E-state index in [4.69, 9.17) is 14.2 Å².